The third-order valence-corrected chi connectivity index (χ3v) is 5.40. The zero-order chi connectivity index (χ0) is 15.2. The van der Waals surface area contributed by atoms with Crippen molar-refractivity contribution in [3.05, 3.63) is 0 Å². The van der Waals surface area contributed by atoms with E-state index in [1.54, 1.807) is 0 Å². The van der Waals surface area contributed by atoms with Gasteiger partial charge in [0.05, 0.1) is 5.92 Å². The van der Waals surface area contributed by atoms with Gasteiger partial charge < -0.3 is 9.80 Å². The fraction of sp³-hybridized carbons (Fsp3) is 0.941. The van der Waals surface area contributed by atoms with Gasteiger partial charge in [-0.2, -0.15) is 0 Å². The van der Waals surface area contributed by atoms with Gasteiger partial charge in [-0.1, -0.05) is 6.92 Å². The molecule has 4 heteroatoms. The molecule has 0 aromatic rings. The normalized spacial score (nSPS) is 26.0. The zero-order valence-electron chi connectivity index (χ0n) is 14.2. The number of carbonyl (C=O) groups excluding carboxylic acids is 1. The zero-order valence-corrected chi connectivity index (χ0v) is 14.2. The summed E-state index contributed by atoms with van der Waals surface area (Å²) in [5.41, 5.74) is 0. The lowest BCUT2D eigenvalue weighted by Gasteiger charge is -2.42. The van der Waals surface area contributed by atoms with Gasteiger partial charge in [-0.05, 0) is 65.7 Å². The first-order chi connectivity index (χ1) is 10.2. The molecule has 1 atom stereocenters. The molecule has 0 radical (unpaired) electrons. The summed E-state index contributed by atoms with van der Waals surface area (Å²) in [5.74, 6) is 0.624. The van der Waals surface area contributed by atoms with Crippen molar-refractivity contribution in [1.82, 2.24) is 14.7 Å². The number of likely N-dealkylation sites (tertiary alicyclic amines) is 2. The summed E-state index contributed by atoms with van der Waals surface area (Å²) in [6, 6.07) is 0.708. The lowest BCUT2D eigenvalue weighted by atomic mass is 9.93. The summed E-state index contributed by atoms with van der Waals surface area (Å²) in [5, 5.41) is 0. The fourth-order valence-electron chi connectivity index (χ4n) is 3.93. The van der Waals surface area contributed by atoms with Crippen molar-refractivity contribution in [2.45, 2.75) is 52.5 Å². The average Bonchev–Trinajstić information content (AvgIpc) is 2.56. The van der Waals surface area contributed by atoms with Gasteiger partial charge in [-0.3, -0.25) is 9.69 Å². The smallest absolute Gasteiger partial charge is 0.226 e. The van der Waals surface area contributed by atoms with Gasteiger partial charge in [-0.15, -0.1) is 0 Å². The Bertz CT molecular complexity index is 322. The highest BCUT2D eigenvalue weighted by molar-refractivity contribution is 5.79. The summed E-state index contributed by atoms with van der Waals surface area (Å²) >= 11 is 0. The molecule has 0 spiro atoms. The number of hydrogen-bond acceptors (Lipinski definition) is 3. The third-order valence-electron chi connectivity index (χ3n) is 5.40. The first kappa shape index (κ1) is 16.8. The van der Waals surface area contributed by atoms with Gasteiger partial charge in [0.15, 0.2) is 0 Å². The van der Waals surface area contributed by atoms with Crippen LogP contribution in [0.4, 0.5) is 0 Å². The number of hydrogen-bond donors (Lipinski definition) is 0. The SMILES string of the molecule is CCN1CCC(N2CCC[C@@H](C(=O)N(CC)CC)C2)CC1. The van der Waals surface area contributed by atoms with Gasteiger partial charge in [0.25, 0.3) is 0 Å². The van der Waals surface area contributed by atoms with E-state index in [0.29, 0.717) is 11.9 Å². The third kappa shape index (κ3) is 4.19. The monoisotopic (exact) mass is 295 g/mol. The standard InChI is InChI=1S/C17H33N3O/c1-4-18-12-9-16(10-13-18)20-11-7-8-15(14-20)17(21)19(5-2)6-3/h15-16H,4-14H2,1-3H3/t15-/m1/s1. The lowest BCUT2D eigenvalue weighted by molar-refractivity contribution is -0.137. The maximum absolute atomic E-state index is 12.6. The molecule has 0 saturated carbocycles. The van der Waals surface area contributed by atoms with Crippen molar-refractivity contribution in [2.75, 3.05) is 45.8 Å². The minimum Gasteiger partial charge on any atom is -0.343 e. The van der Waals surface area contributed by atoms with Gasteiger partial charge in [0.2, 0.25) is 5.91 Å². The summed E-state index contributed by atoms with van der Waals surface area (Å²) in [7, 11) is 0. The van der Waals surface area contributed by atoms with E-state index in [1.165, 1.54) is 45.4 Å². The second-order valence-corrected chi connectivity index (χ2v) is 6.51. The predicted molar refractivity (Wildman–Crippen MR) is 87.4 cm³/mol. The first-order valence-electron chi connectivity index (χ1n) is 8.94. The maximum Gasteiger partial charge on any atom is 0.226 e. The molecule has 122 valence electrons. The molecule has 0 N–H and O–H groups in total. The molecule has 2 rings (SSSR count). The van der Waals surface area contributed by atoms with Crippen LogP contribution in [0.15, 0.2) is 0 Å². The highest BCUT2D eigenvalue weighted by Crippen LogP contribution is 2.25. The van der Waals surface area contributed by atoms with Crippen molar-refractivity contribution < 1.29 is 4.79 Å². The minimum absolute atomic E-state index is 0.239. The fourth-order valence-corrected chi connectivity index (χ4v) is 3.93. The first-order valence-corrected chi connectivity index (χ1v) is 8.94. The molecule has 0 aromatic heterocycles. The van der Waals surface area contributed by atoms with Crippen LogP contribution in [-0.2, 0) is 4.79 Å². The molecule has 2 saturated heterocycles. The molecule has 4 nitrogen and oxygen atoms in total. The molecule has 21 heavy (non-hydrogen) atoms. The summed E-state index contributed by atoms with van der Waals surface area (Å²) in [6.45, 7) is 13.9. The molecule has 0 bridgehead atoms. The van der Waals surface area contributed by atoms with Crippen LogP contribution < -0.4 is 0 Å². The van der Waals surface area contributed by atoms with E-state index >= 15 is 0 Å². The van der Waals surface area contributed by atoms with Crippen LogP contribution in [0.25, 0.3) is 0 Å². The molecule has 2 aliphatic rings. The number of rotatable bonds is 5. The number of nitrogens with zero attached hydrogens (tertiary/aromatic N) is 3. The molecule has 1 amide bonds. The molecule has 0 aromatic carbocycles. The molecule has 2 heterocycles. The second kappa shape index (κ2) is 8.14. The van der Waals surface area contributed by atoms with Gasteiger partial charge >= 0.3 is 0 Å². The number of carbonyl (C=O) groups is 1. The van der Waals surface area contributed by atoms with Crippen LogP contribution in [0.2, 0.25) is 0 Å². The van der Waals surface area contributed by atoms with E-state index < -0.39 is 0 Å². The van der Waals surface area contributed by atoms with Gasteiger partial charge in [-0.25, -0.2) is 0 Å². The van der Waals surface area contributed by atoms with E-state index in [1.807, 2.05) is 4.90 Å². The minimum atomic E-state index is 0.239. The topological polar surface area (TPSA) is 26.8 Å². The molecule has 2 aliphatic heterocycles. The number of amides is 1. The summed E-state index contributed by atoms with van der Waals surface area (Å²) in [6.07, 6.45) is 4.82. The quantitative estimate of drug-likeness (QED) is 0.777. The van der Waals surface area contributed by atoms with Crippen LogP contribution in [0, 0.1) is 5.92 Å². The maximum atomic E-state index is 12.6. The van der Waals surface area contributed by atoms with Gasteiger partial charge in [0.1, 0.15) is 0 Å². The van der Waals surface area contributed by atoms with Crippen molar-refractivity contribution in [2.24, 2.45) is 5.92 Å². The van der Waals surface area contributed by atoms with Crippen LogP contribution in [0.1, 0.15) is 46.5 Å². The van der Waals surface area contributed by atoms with Gasteiger partial charge in [0, 0.05) is 25.7 Å². The van der Waals surface area contributed by atoms with Crippen molar-refractivity contribution >= 4 is 5.91 Å². The Balaban J connectivity index is 1.87. The summed E-state index contributed by atoms with van der Waals surface area (Å²) in [4.78, 5) is 19.7. The average molecular weight is 295 g/mol. The Morgan fingerprint density at radius 3 is 2.29 bits per heavy atom. The Morgan fingerprint density at radius 2 is 1.71 bits per heavy atom. The second-order valence-electron chi connectivity index (χ2n) is 6.51. The van der Waals surface area contributed by atoms with Crippen molar-refractivity contribution in [3.63, 3.8) is 0 Å². The van der Waals surface area contributed by atoms with E-state index in [9.17, 15) is 4.79 Å². The van der Waals surface area contributed by atoms with E-state index in [2.05, 4.69) is 30.6 Å². The molecular weight excluding hydrogens is 262 g/mol. The van der Waals surface area contributed by atoms with Crippen LogP contribution in [-0.4, -0.2) is 72.5 Å². The largest absolute Gasteiger partial charge is 0.343 e. The predicted octanol–water partition coefficient (Wildman–Crippen LogP) is 2.05. The van der Waals surface area contributed by atoms with Crippen LogP contribution >= 0.6 is 0 Å². The Kier molecular flexibility index (Phi) is 6.49. The molecular formula is C17H33N3O. The van der Waals surface area contributed by atoms with E-state index in [-0.39, 0.29) is 5.92 Å². The Labute approximate surface area is 130 Å². The van der Waals surface area contributed by atoms with Crippen LogP contribution in [0.3, 0.4) is 0 Å². The van der Waals surface area contributed by atoms with E-state index in [0.717, 1.165) is 26.1 Å². The Hall–Kier alpha value is -0.610. The molecule has 2 fully saturated rings. The highest BCUT2D eigenvalue weighted by atomic mass is 16.2. The summed E-state index contributed by atoms with van der Waals surface area (Å²) < 4.78 is 0. The van der Waals surface area contributed by atoms with Crippen molar-refractivity contribution in [3.8, 4) is 0 Å². The Morgan fingerprint density at radius 1 is 1.05 bits per heavy atom. The van der Waals surface area contributed by atoms with E-state index in [4.69, 9.17) is 0 Å². The molecule has 0 aliphatic carbocycles. The molecule has 0 unspecified atom stereocenters. The number of piperidine rings is 2. The highest BCUT2D eigenvalue weighted by Gasteiger charge is 2.32. The van der Waals surface area contributed by atoms with Crippen LogP contribution in [0.5, 0.6) is 0 Å². The van der Waals surface area contributed by atoms with Crippen molar-refractivity contribution in [1.29, 1.82) is 0 Å². The lowest BCUT2D eigenvalue weighted by Crippen LogP contribution is -2.51.